The summed E-state index contributed by atoms with van der Waals surface area (Å²) in [6.45, 7) is 4.28. The fourth-order valence-corrected chi connectivity index (χ4v) is 2.68. The predicted molar refractivity (Wildman–Crippen MR) is 103 cm³/mol. The van der Waals surface area contributed by atoms with Crippen molar-refractivity contribution in [3.05, 3.63) is 82.6 Å². The second kappa shape index (κ2) is 7.65. The molecule has 0 saturated heterocycles. The molecule has 0 saturated carbocycles. The van der Waals surface area contributed by atoms with Gasteiger partial charge in [0.05, 0.1) is 18.0 Å². The Labute approximate surface area is 151 Å². The van der Waals surface area contributed by atoms with Crippen molar-refractivity contribution in [2.24, 2.45) is 4.99 Å². The van der Waals surface area contributed by atoms with Crippen LogP contribution in [0, 0.1) is 10.1 Å². The topological polar surface area (TPSA) is 71.9 Å². The molecule has 6 nitrogen and oxygen atoms in total. The highest BCUT2D eigenvalue weighted by atomic mass is 16.6. The number of para-hydroxylation sites is 1. The van der Waals surface area contributed by atoms with E-state index in [1.807, 2.05) is 42.5 Å². The number of hydrogen-bond donors (Lipinski definition) is 0. The first-order valence-corrected chi connectivity index (χ1v) is 8.27. The fourth-order valence-electron chi connectivity index (χ4n) is 2.68. The van der Waals surface area contributed by atoms with E-state index in [-0.39, 0.29) is 5.88 Å². The molecule has 6 heteroatoms. The molecule has 0 aliphatic heterocycles. The minimum Gasteiger partial charge on any atom is -0.400 e. The van der Waals surface area contributed by atoms with Crippen LogP contribution in [0.25, 0.3) is 0 Å². The van der Waals surface area contributed by atoms with Crippen LogP contribution in [0.5, 0.6) is 0 Å². The van der Waals surface area contributed by atoms with Crippen LogP contribution in [0.15, 0.2) is 76.1 Å². The summed E-state index contributed by atoms with van der Waals surface area (Å²) in [7, 11) is 0. The van der Waals surface area contributed by atoms with Crippen LogP contribution in [0.1, 0.15) is 19.6 Å². The van der Waals surface area contributed by atoms with E-state index in [1.165, 1.54) is 18.3 Å². The Morgan fingerprint density at radius 2 is 1.65 bits per heavy atom. The molecule has 0 bridgehead atoms. The van der Waals surface area contributed by atoms with Crippen molar-refractivity contribution in [2.45, 2.75) is 19.9 Å². The summed E-state index contributed by atoms with van der Waals surface area (Å²) in [5.74, 6) is 0.0473. The number of furan rings is 1. The Bertz CT molecular complexity index is 900. The number of aliphatic imine (C=N–C) groups is 1. The molecular weight excluding hydrogens is 330 g/mol. The molecule has 3 aromatic rings. The van der Waals surface area contributed by atoms with Crippen LogP contribution in [-0.2, 0) is 0 Å². The Balaban J connectivity index is 1.78. The molecule has 0 amide bonds. The Morgan fingerprint density at radius 3 is 2.23 bits per heavy atom. The molecule has 0 aliphatic carbocycles. The molecule has 132 valence electrons. The van der Waals surface area contributed by atoms with Gasteiger partial charge in [-0.05, 0) is 56.3 Å². The van der Waals surface area contributed by atoms with Gasteiger partial charge in [-0.1, -0.05) is 18.2 Å². The molecule has 3 rings (SSSR count). The lowest BCUT2D eigenvalue weighted by Gasteiger charge is -2.29. The molecule has 0 N–H and O–H groups in total. The van der Waals surface area contributed by atoms with Gasteiger partial charge in [0.1, 0.15) is 4.92 Å². The van der Waals surface area contributed by atoms with Gasteiger partial charge in [-0.2, -0.15) is 0 Å². The van der Waals surface area contributed by atoms with E-state index in [0.717, 1.165) is 17.1 Å². The summed E-state index contributed by atoms with van der Waals surface area (Å²) >= 11 is 0. The molecule has 0 spiro atoms. The molecule has 0 fully saturated rings. The summed E-state index contributed by atoms with van der Waals surface area (Å²) in [6, 6.07) is 21.1. The molecule has 0 aliphatic rings. The number of nitro groups is 1. The molecule has 0 unspecified atom stereocenters. The number of hydrogen-bond acceptors (Lipinski definition) is 5. The lowest BCUT2D eigenvalue weighted by atomic mass is 10.2. The standard InChI is InChI=1S/C20H19N3O3/c1-15(2)22(17-6-4-3-5-7-17)18-10-8-16(9-11-18)21-14-19-12-13-20(26-19)23(24)25/h3-15H,1-2H3. The Morgan fingerprint density at radius 1 is 1.00 bits per heavy atom. The van der Waals surface area contributed by atoms with Gasteiger partial charge in [0.25, 0.3) is 0 Å². The molecule has 1 aromatic heterocycles. The third kappa shape index (κ3) is 3.97. The average molecular weight is 349 g/mol. The van der Waals surface area contributed by atoms with Crippen LogP contribution in [-0.4, -0.2) is 17.2 Å². The maximum Gasteiger partial charge on any atom is 0.433 e. The van der Waals surface area contributed by atoms with Crippen LogP contribution in [0.3, 0.4) is 0 Å². The van der Waals surface area contributed by atoms with Crippen molar-refractivity contribution >= 4 is 29.2 Å². The minimum atomic E-state index is -0.573. The molecule has 26 heavy (non-hydrogen) atoms. The van der Waals surface area contributed by atoms with Crippen molar-refractivity contribution in [1.29, 1.82) is 0 Å². The van der Waals surface area contributed by atoms with Gasteiger partial charge < -0.3 is 9.32 Å². The molecule has 0 radical (unpaired) electrons. The summed E-state index contributed by atoms with van der Waals surface area (Å²) < 4.78 is 5.06. The first kappa shape index (κ1) is 17.4. The molecular formula is C20H19N3O3. The van der Waals surface area contributed by atoms with Crippen molar-refractivity contribution in [3.8, 4) is 0 Å². The first-order valence-electron chi connectivity index (χ1n) is 8.27. The van der Waals surface area contributed by atoms with E-state index in [2.05, 4.69) is 35.9 Å². The van der Waals surface area contributed by atoms with E-state index in [1.54, 1.807) is 0 Å². The number of anilines is 2. The van der Waals surface area contributed by atoms with E-state index in [9.17, 15) is 10.1 Å². The van der Waals surface area contributed by atoms with Crippen molar-refractivity contribution < 1.29 is 9.34 Å². The summed E-state index contributed by atoms with van der Waals surface area (Å²) in [5, 5.41) is 10.6. The maximum absolute atomic E-state index is 10.6. The number of rotatable bonds is 6. The summed E-state index contributed by atoms with van der Waals surface area (Å²) in [4.78, 5) is 16.6. The predicted octanol–water partition coefficient (Wildman–Crippen LogP) is 5.48. The molecule has 1 heterocycles. The zero-order chi connectivity index (χ0) is 18.5. The average Bonchev–Trinajstić information content (AvgIpc) is 3.11. The lowest BCUT2D eigenvalue weighted by Crippen LogP contribution is -2.25. The summed E-state index contributed by atoms with van der Waals surface area (Å²) in [5.41, 5.74) is 2.94. The number of benzene rings is 2. The highest BCUT2D eigenvalue weighted by Gasteiger charge is 2.13. The largest absolute Gasteiger partial charge is 0.433 e. The highest BCUT2D eigenvalue weighted by Crippen LogP contribution is 2.29. The normalized spacial score (nSPS) is 11.2. The minimum absolute atomic E-state index is 0.294. The second-order valence-electron chi connectivity index (χ2n) is 6.01. The highest BCUT2D eigenvalue weighted by molar-refractivity contribution is 5.79. The van der Waals surface area contributed by atoms with Gasteiger partial charge in [-0.25, -0.2) is 0 Å². The van der Waals surface area contributed by atoms with Crippen molar-refractivity contribution in [2.75, 3.05) is 4.90 Å². The van der Waals surface area contributed by atoms with Gasteiger partial charge in [0.15, 0.2) is 5.76 Å². The molecule has 2 aromatic carbocycles. The van der Waals surface area contributed by atoms with Crippen LogP contribution < -0.4 is 4.90 Å². The van der Waals surface area contributed by atoms with E-state index >= 15 is 0 Å². The zero-order valence-corrected chi connectivity index (χ0v) is 14.6. The lowest BCUT2D eigenvalue weighted by molar-refractivity contribution is -0.402. The van der Waals surface area contributed by atoms with Gasteiger partial charge in [0.2, 0.25) is 0 Å². The quantitative estimate of drug-likeness (QED) is 0.335. The smallest absolute Gasteiger partial charge is 0.400 e. The van der Waals surface area contributed by atoms with Crippen molar-refractivity contribution in [1.82, 2.24) is 0 Å². The maximum atomic E-state index is 10.6. The third-order valence-corrected chi connectivity index (χ3v) is 3.81. The van der Waals surface area contributed by atoms with Gasteiger partial charge in [-0.3, -0.25) is 15.1 Å². The van der Waals surface area contributed by atoms with Crippen LogP contribution >= 0.6 is 0 Å². The van der Waals surface area contributed by atoms with Crippen molar-refractivity contribution in [3.63, 3.8) is 0 Å². The monoisotopic (exact) mass is 349 g/mol. The van der Waals surface area contributed by atoms with E-state index in [0.29, 0.717) is 11.8 Å². The van der Waals surface area contributed by atoms with E-state index < -0.39 is 4.92 Å². The second-order valence-corrected chi connectivity index (χ2v) is 6.01. The van der Waals surface area contributed by atoms with Crippen LogP contribution in [0.4, 0.5) is 22.9 Å². The van der Waals surface area contributed by atoms with Gasteiger partial charge >= 0.3 is 5.88 Å². The summed E-state index contributed by atoms with van der Waals surface area (Å²) in [6.07, 6.45) is 1.47. The number of nitrogens with zero attached hydrogens (tertiary/aromatic N) is 3. The van der Waals surface area contributed by atoms with E-state index in [4.69, 9.17) is 4.42 Å². The van der Waals surface area contributed by atoms with Crippen LogP contribution in [0.2, 0.25) is 0 Å². The first-order chi connectivity index (χ1) is 12.5. The Kier molecular flexibility index (Phi) is 5.12. The van der Waals surface area contributed by atoms with Gasteiger partial charge in [0, 0.05) is 17.4 Å². The third-order valence-electron chi connectivity index (χ3n) is 3.81. The SMILES string of the molecule is CC(C)N(c1ccccc1)c1ccc(N=Cc2ccc([N+](=O)[O-])o2)cc1. The molecule has 0 atom stereocenters. The Hall–Kier alpha value is -3.41. The fraction of sp³-hybridized carbons (Fsp3) is 0.150. The zero-order valence-electron chi connectivity index (χ0n) is 14.6. The van der Waals surface area contributed by atoms with Gasteiger partial charge in [-0.15, -0.1) is 0 Å².